The van der Waals surface area contributed by atoms with Gasteiger partial charge in [0.25, 0.3) is 0 Å². The van der Waals surface area contributed by atoms with Gasteiger partial charge in [0.15, 0.2) is 6.10 Å². The molecule has 0 spiro atoms. The van der Waals surface area contributed by atoms with Crippen LogP contribution < -0.4 is 0 Å². The number of esters is 1. The fourth-order valence-corrected chi connectivity index (χ4v) is 5.65. The van der Waals surface area contributed by atoms with E-state index in [2.05, 4.69) is 0 Å². The van der Waals surface area contributed by atoms with Gasteiger partial charge in [0.1, 0.15) is 11.7 Å². The second-order valence-electron chi connectivity index (χ2n) is 13.9. The van der Waals surface area contributed by atoms with Crippen molar-refractivity contribution in [2.45, 2.75) is 129 Å². The summed E-state index contributed by atoms with van der Waals surface area (Å²) in [5.41, 5.74) is -1.37. The Balaban J connectivity index is -0.000000145. The molecular weight excluding hydrogens is 604 g/mol. The van der Waals surface area contributed by atoms with E-state index in [1.54, 1.807) is 45.4 Å². The highest BCUT2D eigenvalue weighted by Crippen LogP contribution is 2.37. The molecule has 0 radical (unpaired) electrons. The van der Waals surface area contributed by atoms with Crippen LogP contribution in [0.15, 0.2) is 36.0 Å². The van der Waals surface area contributed by atoms with Gasteiger partial charge < -0.3 is 44.1 Å². The van der Waals surface area contributed by atoms with Gasteiger partial charge in [0.2, 0.25) is 0 Å². The first-order chi connectivity index (χ1) is 31.4. The molecule has 0 bridgehead atoms. The topological polar surface area (TPSA) is 142 Å². The highest BCUT2D eigenvalue weighted by Gasteiger charge is 2.47. The Bertz CT molecular complexity index is 1140. The number of hydrogen-bond acceptors (Lipinski definition) is 10. The van der Waals surface area contributed by atoms with Gasteiger partial charge in [0, 0.05) is 76.6 Å². The first kappa shape index (κ1) is 28.5. The maximum absolute atomic E-state index is 13.0. The van der Waals surface area contributed by atoms with E-state index in [9.17, 15) is 24.9 Å². The van der Waals surface area contributed by atoms with Crippen molar-refractivity contribution in [3.8, 4) is 0 Å². The fourth-order valence-electron chi connectivity index (χ4n) is 5.65. The van der Waals surface area contributed by atoms with E-state index in [4.69, 9.17) is 48.6 Å². The van der Waals surface area contributed by atoms with Crippen LogP contribution in [0.5, 0.6) is 0 Å². The summed E-state index contributed by atoms with van der Waals surface area (Å²) in [6, 6.07) is 0. The summed E-state index contributed by atoms with van der Waals surface area (Å²) in [6.07, 6.45) is 6.75. The highest BCUT2D eigenvalue weighted by atomic mass is 16.6. The summed E-state index contributed by atoms with van der Waals surface area (Å²) in [4.78, 5) is 29.4. The van der Waals surface area contributed by atoms with Gasteiger partial charge in [-0.15, -0.1) is 0 Å². The van der Waals surface area contributed by atoms with Crippen LogP contribution in [0.25, 0.3) is 0 Å². The third-order valence-corrected chi connectivity index (χ3v) is 9.23. The Morgan fingerprint density at radius 2 is 1.96 bits per heavy atom. The van der Waals surface area contributed by atoms with Crippen molar-refractivity contribution < 1.29 is 75.0 Å². The summed E-state index contributed by atoms with van der Waals surface area (Å²) in [5.74, 6) is -0.854. The first-order valence-corrected chi connectivity index (χ1v) is 16.5. The number of hydrogen-bond donors (Lipinski definition) is 3. The van der Waals surface area contributed by atoms with Crippen LogP contribution in [0.2, 0.25) is 0 Å². The van der Waals surface area contributed by atoms with Gasteiger partial charge in [-0.25, -0.2) is 4.79 Å². The molecule has 1 amide bonds. The Hall–Kier alpha value is -2.28. The van der Waals surface area contributed by atoms with Crippen LogP contribution in [0.3, 0.4) is 0 Å². The van der Waals surface area contributed by atoms with Crippen molar-refractivity contribution in [3.05, 3.63) is 36.0 Å². The van der Waals surface area contributed by atoms with Gasteiger partial charge in [-0.1, -0.05) is 52.5 Å². The largest absolute Gasteiger partial charge is 0.457 e. The molecule has 2 rings (SSSR count). The lowest BCUT2D eigenvalue weighted by atomic mass is 9.88. The molecule has 0 aromatic heterocycles. The molecule has 2 aliphatic heterocycles. The standard InChI is InChI=1S/C35H60N2O9.CH4.11H2/c1-11-27(39)25(4)32-28(44-32)22-34(5,42)17-12-13-23(2)31-24(3)14-15-29(45-33(41)37(9)20-19-36(7)8)35(6,43-10)18-16-26(38)21-30(40)46-31;;;;;;;;;;;;/h12-15,17,24-29,31-32,38-39,42H,11,16,18-22H2,1-10H3;1H4;11*1H/b15-14+,17-12+,23-13+;;;;;;;;;;;;/t24?,25?,26?,27?,28?,29-,31+,32?,34?,35?;;;;;;;;;;;;/m0............/s1/i;;10*1+1D;1+1. The normalized spacial score (nSPS) is 33.9. The first-order valence-electron chi connectivity index (χ1n) is 26.5. The lowest BCUT2D eigenvalue weighted by Crippen LogP contribution is -2.46. The van der Waals surface area contributed by atoms with E-state index < -0.39 is 47.7 Å². The Labute approximate surface area is 315 Å². The average molecular weight is 712 g/mol. The van der Waals surface area contributed by atoms with Crippen molar-refractivity contribution in [2.24, 2.45) is 11.8 Å². The third-order valence-electron chi connectivity index (χ3n) is 9.23. The summed E-state index contributed by atoms with van der Waals surface area (Å²) in [5, 5.41) is 31.8. The zero-order valence-electron chi connectivity index (χ0n) is 49.6. The predicted octanol–water partition coefficient (Wildman–Crippen LogP) is 7.20. The molecule has 2 aliphatic rings. The molecule has 10 atom stereocenters. The molecule has 294 valence electrons. The summed E-state index contributed by atoms with van der Waals surface area (Å²) in [7, 11) is 7.09. The molecule has 11 heteroatoms. The molecule has 0 aliphatic carbocycles. The minimum Gasteiger partial charge on any atom is -0.457 e. The zero-order valence-corrected chi connectivity index (χ0v) is 29.6. The number of epoxide rings is 1. The van der Waals surface area contributed by atoms with Crippen LogP contribution in [0, 0.1) is 11.8 Å². The molecule has 0 aromatic carbocycles. The average Bonchev–Trinajstić information content (AvgIpc) is 4.13. The number of ether oxygens (including phenoxy) is 4. The monoisotopic (exact) mass is 712 g/mol. The number of allylic oxidation sites excluding steroid dienone is 2. The molecule has 47 heavy (non-hydrogen) atoms. The second-order valence-corrected chi connectivity index (χ2v) is 13.9. The lowest BCUT2D eigenvalue weighted by molar-refractivity contribution is -0.151. The van der Waals surface area contributed by atoms with Crippen molar-refractivity contribution >= 4 is 12.1 Å². The number of aliphatic hydroxyl groups excluding tert-OH is 2. The van der Waals surface area contributed by atoms with Crippen molar-refractivity contribution in [2.75, 3.05) is 41.3 Å². The Kier molecular flexibility index (Phi) is 11.6. The molecule has 0 saturated carbocycles. The van der Waals surface area contributed by atoms with Gasteiger partial charge in [-0.2, -0.15) is 0 Å². The minimum absolute atomic E-state index is 0. The molecule has 1 saturated heterocycles. The summed E-state index contributed by atoms with van der Waals surface area (Å²) < 4.78 is 123. The van der Waals surface area contributed by atoms with Gasteiger partial charge in [0.05, 0.1) is 36.4 Å². The second kappa shape index (κ2) is 19.0. The number of likely N-dealkylation sites (N-methyl/N-ethyl adjacent to an activating group) is 2. The number of carbonyl (C=O) groups excluding carboxylic acids is 2. The van der Waals surface area contributed by atoms with E-state index in [1.807, 2.05) is 59.7 Å². The molecule has 0 aromatic rings. The molecule has 1 fully saturated rings. The number of nitrogens with zero attached hydrogens (tertiary/aromatic N) is 2. The van der Waals surface area contributed by atoms with Crippen LogP contribution in [-0.4, -0.2) is 126 Å². The van der Waals surface area contributed by atoms with Gasteiger partial charge in [-0.05, 0) is 65.8 Å². The number of cyclic esters (lactones) is 1. The maximum Gasteiger partial charge on any atom is 0.410 e. The lowest BCUT2D eigenvalue weighted by Gasteiger charge is -2.36. The van der Waals surface area contributed by atoms with E-state index in [-0.39, 0.29) is 45.7 Å². The van der Waals surface area contributed by atoms with Gasteiger partial charge >= 0.3 is 12.1 Å². The molecular formula is C36H86N2O9. The van der Waals surface area contributed by atoms with Crippen molar-refractivity contribution in [1.82, 2.24) is 9.80 Å². The highest BCUT2D eigenvalue weighted by molar-refractivity contribution is 5.70. The summed E-state index contributed by atoms with van der Waals surface area (Å²) >= 11 is 0. The quantitative estimate of drug-likeness (QED) is 0.0777. The Morgan fingerprint density at radius 3 is 2.55 bits per heavy atom. The Morgan fingerprint density at radius 1 is 1.30 bits per heavy atom. The smallest absolute Gasteiger partial charge is 0.410 e. The van der Waals surface area contributed by atoms with Crippen LogP contribution >= 0.6 is 0 Å². The van der Waals surface area contributed by atoms with E-state index in [0.29, 0.717) is 32.4 Å². The summed E-state index contributed by atoms with van der Waals surface area (Å²) in [6.45, 7) is 12.3. The molecule has 11 nitrogen and oxygen atoms in total. The van der Waals surface area contributed by atoms with E-state index in [1.165, 1.54) is 4.90 Å². The minimum atomic E-state index is -1.15. The van der Waals surface area contributed by atoms with Crippen molar-refractivity contribution in [3.63, 3.8) is 0 Å². The number of rotatable bonds is 13. The SMILES string of the molecule is C.CCC(O)C(C)C1OC1CC(C)(O)/C=C/C=C(\C)[C@H]1OC(=O)CC(O)CCC(C)(OC)[C@@H](OC(=O)N(C)CCN(C)C)/C=C/C1C.[2HH].[2H][2H].[2H][2H].[2H][2H].[2H][2H].[2H][2H].[2H][2H].[2H][2H].[2H][2H].[2H][2H].[2H][2H]. The van der Waals surface area contributed by atoms with E-state index in [0.717, 1.165) is 5.57 Å². The van der Waals surface area contributed by atoms with Gasteiger partial charge in [-0.3, -0.25) is 4.79 Å². The molecule has 8 unspecified atom stereocenters. The zero-order chi connectivity index (χ0) is 54.8. The molecule has 2 heterocycles. The number of aliphatic hydroxyl groups is 3. The van der Waals surface area contributed by atoms with Crippen LogP contribution in [0.1, 0.15) is 112 Å². The van der Waals surface area contributed by atoms with Crippen molar-refractivity contribution in [1.29, 1.82) is 0 Å². The molecule has 3 N–H and O–H groups in total. The fraction of sp³-hybridized carbons (Fsp3) is 0.778. The third kappa shape index (κ3) is 13.6. The predicted molar refractivity (Wildman–Crippen MR) is 207 cm³/mol. The van der Waals surface area contributed by atoms with Crippen LogP contribution in [-0.2, 0) is 23.7 Å². The number of methoxy groups -OCH3 is 1. The number of carbonyl (C=O) groups is 2. The number of amides is 1. The van der Waals surface area contributed by atoms with Crippen LogP contribution in [0.4, 0.5) is 4.79 Å². The maximum atomic E-state index is 13.0. The van der Waals surface area contributed by atoms with E-state index >= 15 is 0 Å².